The summed E-state index contributed by atoms with van der Waals surface area (Å²) in [6.07, 6.45) is -4.50. The fourth-order valence-electron chi connectivity index (χ4n) is 1.55. The normalized spacial score (nSPS) is 12.2. The van der Waals surface area contributed by atoms with E-state index in [4.69, 9.17) is 5.11 Å². The number of aliphatic carboxylic acids is 1. The topological polar surface area (TPSA) is 57.6 Å². The number of rotatable bonds is 4. The monoisotopic (exact) mass is 287 g/mol. The van der Waals surface area contributed by atoms with Gasteiger partial charge in [0.1, 0.15) is 5.57 Å². The number of carboxylic acids is 1. The van der Waals surface area contributed by atoms with Crippen LogP contribution in [0.15, 0.2) is 29.8 Å². The third kappa shape index (κ3) is 3.59. The average molecular weight is 287 g/mol. The molecule has 0 aromatic heterocycles. The minimum atomic E-state index is -5.22. The zero-order valence-corrected chi connectivity index (χ0v) is 10.7. The Balaban J connectivity index is 3.37. The Labute approximate surface area is 113 Å². The largest absolute Gasteiger partial charge is 0.478 e. The van der Waals surface area contributed by atoms with Gasteiger partial charge in [0.05, 0.1) is 0 Å². The number of hydrogen-bond donors (Lipinski definition) is 1. The number of Topliss-reactive ketones (excluding diaryl/α,β-unsaturated/α-hetero) is 1. The third-order valence-electron chi connectivity index (χ3n) is 2.45. The van der Waals surface area contributed by atoms with Gasteiger partial charge in [0.15, 0.2) is 0 Å². The lowest BCUT2D eigenvalue weighted by Gasteiger charge is -2.16. The van der Waals surface area contributed by atoms with Crippen LogP contribution in [0.2, 0.25) is 0 Å². The molecule has 1 aromatic rings. The Kier molecular flexibility index (Phi) is 4.54. The van der Waals surface area contributed by atoms with Crippen LogP contribution in [0.5, 0.6) is 0 Å². The maximum Gasteiger partial charge on any atom is 0.455 e. The lowest BCUT2D eigenvalue weighted by molar-refractivity contribution is -0.168. The maximum absolute atomic E-state index is 12.4. The van der Waals surface area contributed by atoms with E-state index in [-0.39, 0.29) is 5.56 Å². The Hall–Kier alpha value is -2.31. The maximum atomic E-state index is 12.4. The molecule has 1 aromatic carbocycles. The fraction of sp³-hybridized carbons (Fsp3) is 0.231. The molecule has 0 spiro atoms. The second-order valence-corrected chi connectivity index (χ2v) is 4.14. The van der Waals surface area contributed by atoms with Crippen molar-refractivity contribution in [1.82, 2.24) is 0 Å². The molecule has 0 aliphatic heterocycles. The first-order valence-corrected chi connectivity index (χ1v) is 5.47. The van der Waals surface area contributed by atoms with Crippen LogP contribution in [0.3, 0.4) is 0 Å². The summed E-state index contributed by atoms with van der Waals surface area (Å²) in [5.41, 5.74) is -0.597. The quantitative estimate of drug-likeness (QED) is 0.524. The van der Waals surface area contributed by atoms with Gasteiger partial charge in [0.25, 0.3) is 5.78 Å². The highest BCUT2D eigenvalue weighted by molar-refractivity contribution is 6.22. The highest BCUT2D eigenvalue weighted by atomic mass is 19.4. The van der Waals surface area contributed by atoms with E-state index in [9.17, 15) is 22.8 Å². The lowest BCUT2D eigenvalue weighted by atomic mass is 10.0. The summed E-state index contributed by atoms with van der Waals surface area (Å²) < 4.78 is 37.1. The van der Waals surface area contributed by atoms with Crippen LogP contribution in [0.1, 0.15) is 5.56 Å². The molecule has 0 aliphatic carbocycles. The van der Waals surface area contributed by atoms with E-state index < -0.39 is 23.5 Å². The number of ketones is 1. The van der Waals surface area contributed by atoms with E-state index in [1.54, 1.807) is 31.1 Å². The number of carbonyl (C=O) groups is 2. The molecule has 0 bridgehead atoms. The molecule has 0 radical (unpaired) electrons. The van der Waals surface area contributed by atoms with E-state index in [1.165, 1.54) is 12.1 Å². The predicted octanol–water partition coefficient (Wildman–Crippen LogP) is 2.35. The molecule has 0 atom stereocenters. The molecule has 0 saturated carbocycles. The van der Waals surface area contributed by atoms with Crippen LogP contribution in [0.4, 0.5) is 18.9 Å². The van der Waals surface area contributed by atoms with Gasteiger partial charge in [0, 0.05) is 19.8 Å². The van der Waals surface area contributed by atoms with Gasteiger partial charge < -0.3 is 10.0 Å². The van der Waals surface area contributed by atoms with Crippen molar-refractivity contribution in [1.29, 1.82) is 0 Å². The zero-order chi connectivity index (χ0) is 15.5. The average Bonchev–Trinajstić information content (AvgIpc) is 2.33. The van der Waals surface area contributed by atoms with Crippen LogP contribution in [-0.4, -0.2) is 37.1 Å². The van der Waals surface area contributed by atoms with Crippen LogP contribution in [0, 0.1) is 0 Å². The Morgan fingerprint density at radius 1 is 1.20 bits per heavy atom. The van der Waals surface area contributed by atoms with Gasteiger partial charge >= 0.3 is 12.1 Å². The number of nitrogens with zero attached hydrogens (tertiary/aromatic N) is 1. The van der Waals surface area contributed by atoms with E-state index in [0.717, 1.165) is 6.08 Å². The summed E-state index contributed by atoms with van der Waals surface area (Å²) in [4.78, 5) is 23.6. The smallest absolute Gasteiger partial charge is 0.455 e. The summed E-state index contributed by atoms with van der Waals surface area (Å²) in [6, 6.07) is 6.22. The molecule has 0 fully saturated rings. The molecule has 4 nitrogen and oxygen atoms in total. The molecule has 0 saturated heterocycles. The number of carboxylic acid groups (broad SMARTS) is 1. The molecule has 1 N–H and O–H groups in total. The van der Waals surface area contributed by atoms with Crippen molar-refractivity contribution in [2.45, 2.75) is 6.18 Å². The van der Waals surface area contributed by atoms with Crippen LogP contribution >= 0.6 is 0 Å². The number of carbonyl (C=O) groups excluding carboxylic acids is 1. The number of para-hydroxylation sites is 1. The Bertz CT molecular complexity index is 562. The number of hydrogen-bond acceptors (Lipinski definition) is 3. The minimum Gasteiger partial charge on any atom is -0.478 e. The SMILES string of the molecule is CN(C)c1ccccc1C=C(C(=O)O)C(=O)C(F)(F)F. The van der Waals surface area contributed by atoms with Crippen molar-refractivity contribution in [3.05, 3.63) is 35.4 Å². The summed E-state index contributed by atoms with van der Waals surface area (Å²) in [5, 5.41) is 8.80. The lowest BCUT2D eigenvalue weighted by Crippen LogP contribution is -2.28. The fourth-order valence-corrected chi connectivity index (χ4v) is 1.55. The van der Waals surface area contributed by atoms with Crippen molar-refractivity contribution in [2.24, 2.45) is 0 Å². The number of benzene rings is 1. The van der Waals surface area contributed by atoms with Crippen LogP contribution in [0.25, 0.3) is 6.08 Å². The van der Waals surface area contributed by atoms with Crippen molar-refractivity contribution >= 4 is 23.5 Å². The number of alkyl halides is 3. The standard InChI is InChI=1S/C13H12F3NO3/c1-17(2)10-6-4-3-5-8(10)7-9(12(19)20)11(18)13(14,15)16/h3-7H,1-2H3,(H,19,20). The summed E-state index contributed by atoms with van der Waals surface area (Å²) >= 11 is 0. The molecule has 0 heterocycles. The minimum absolute atomic E-state index is 0.215. The summed E-state index contributed by atoms with van der Waals surface area (Å²) in [6.45, 7) is 0. The van der Waals surface area contributed by atoms with Crippen molar-refractivity contribution < 1.29 is 27.9 Å². The van der Waals surface area contributed by atoms with E-state index in [1.807, 2.05) is 0 Å². The number of halogens is 3. The highest BCUT2D eigenvalue weighted by Crippen LogP contribution is 2.25. The first kappa shape index (κ1) is 15.7. The van der Waals surface area contributed by atoms with Crippen LogP contribution in [-0.2, 0) is 9.59 Å². The summed E-state index contributed by atoms with van der Waals surface area (Å²) in [5.74, 6) is -4.29. The first-order chi connectivity index (χ1) is 9.14. The van der Waals surface area contributed by atoms with Gasteiger partial charge in [-0.15, -0.1) is 0 Å². The second-order valence-electron chi connectivity index (χ2n) is 4.14. The first-order valence-electron chi connectivity index (χ1n) is 5.47. The molecule has 0 aliphatic rings. The molecular weight excluding hydrogens is 275 g/mol. The molecule has 0 amide bonds. The summed E-state index contributed by atoms with van der Waals surface area (Å²) in [7, 11) is 3.30. The van der Waals surface area contributed by atoms with Crippen molar-refractivity contribution in [3.8, 4) is 0 Å². The Morgan fingerprint density at radius 3 is 2.20 bits per heavy atom. The van der Waals surface area contributed by atoms with Crippen molar-refractivity contribution in [3.63, 3.8) is 0 Å². The van der Waals surface area contributed by atoms with E-state index in [0.29, 0.717) is 5.69 Å². The second kappa shape index (κ2) is 5.77. The van der Waals surface area contributed by atoms with E-state index in [2.05, 4.69) is 0 Å². The van der Waals surface area contributed by atoms with Gasteiger partial charge in [-0.1, -0.05) is 18.2 Å². The van der Waals surface area contributed by atoms with Gasteiger partial charge in [-0.05, 0) is 17.7 Å². The van der Waals surface area contributed by atoms with Gasteiger partial charge in [0.2, 0.25) is 0 Å². The van der Waals surface area contributed by atoms with Crippen LogP contribution < -0.4 is 4.90 Å². The predicted molar refractivity (Wildman–Crippen MR) is 67.4 cm³/mol. The van der Waals surface area contributed by atoms with Crippen molar-refractivity contribution in [2.75, 3.05) is 19.0 Å². The third-order valence-corrected chi connectivity index (χ3v) is 2.45. The molecule has 0 unspecified atom stereocenters. The highest BCUT2D eigenvalue weighted by Gasteiger charge is 2.43. The Morgan fingerprint density at radius 2 is 1.75 bits per heavy atom. The molecule has 20 heavy (non-hydrogen) atoms. The molecule has 1 rings (SSSR count). The van der Waals surface area contributed by atoms with Gasteiger partial charge in [-0.2, -0.15) is 13.2 Å². The van der Waals surface area contributed by atoms with Gasteiger partial charge in [-0.25, -0.2) is 4.79 Å². The number of anilines is 1. The molecule has 108 valence electrons. The molecular formula is C13H12F3NO3. The van der Waals surface area contributed by atoms with Gasteiger partial charge in [-0.3, -0.25) is 4.79 Å². The van der Waals surface area contributed by atoms with E-state index >= 15 is 0 Å². The zero-order valence-electron chi connectivity index (χ0n) is 10.7. The molecule has 7 heteroatoms.